The molecule has 4 N–H and O–H groups in total. The molecule has 1 fully saturated rings. The quantitative estimate of drug-likeness (QED) is 0.425. The summed E-state index contributed by atoms with van der Waals surface area (Å²) in [5.41, 5.74) is 4.96. The number of aliphatic hydroxyl groups is 1. The van der Waals surface area contributed by atoms with Crippen LogP contribution < -0.4 is 11.1 Å². The first kappa shape index (κ1) is 8.00. The van der Waals surface area contributed by atoms with Gasteiger partial charge in [-0.2, -0.15) is 0 Å². The number of nitrogens with two attached hydrogens (primary N) is 1. The average Bonchev–Trinajstić information content (AvgIpc) is 1.85. The zero-order chi connectivity index (χ0) is 8.43. The highest BCUT2D eigenvalue weighted by Crippen LogP contribution is 2.14. The minimum Gasteiger partial charge on any atom is -0.374 e. The number of aliphatic hydroxyl groups excluding tert-OH is 1. The standard InChI is InChI=1S/C6H10N2O3/c7-6(11)3-1-4(9)8-5(10)2-3/h3-4,9H,1-2H2,(H2,7,11)(H,8,10). The van der Waals surface area contributed by atoms with Gasteiger partial charge in [0, 0.05) is 12.8 Å². The molecule has 5 nitrogen and oxygen atoms in total. The average molecular weight is 158 g/mol. The molecule has 1 heterocycles. The third-order valence-corrected chi connectivity index (χ3v) is 1.67. The van der Waals surface area contributed by atoms with Crippen LogP contribution in [0.25, 0.3) is 0 Å². The second-order valence-electron chi connectivity index (χ2n) is 2.62. The van der Waals surface area contributed by atoms with Crippen LogP contribution in [-0.4, -0.2) is 23.1 Å². The molecule has 1 saturated heterocycles. The van der Waals surface area contributed by atoms with Crippen molar-refractivity contribution in [2.75, 3.05) is 0 Å². The van der Waals surface area contributed by atoms with Gasteiger partial charge < -0.3 is 16.2 Å². The Morgan fingerprint density at radius 3 is 2.82 bits per heavy atom. The minimum absolute atomic E-state index is 0.0897. The first-order valence-corrected chi connectivity index (χ1v) is 3.36. The van der Waals surface area contributed by atoms with E-state index in [9.17, 15) is 9.59 Å². The Morgan fingerprint density at radius 1 is 1.73 bits per heavy atom. The van der Waals surface area contributed by atoms with Crippen LogP contribution >= 0.6 is 0 Å². The maximum absolute atomic E-state index is 10.7. The molecular formula is C6H10N2O3. The first-order valence-electron chi connectivity index (χ1n) is 3.36. The van der Waals surface area contributed by atoms with Crippen LogP contribution in [0.5, 0.6) is 0 Å². The van der Waals surface area contributed by atoms with Crippen LogP contribution in [0.4, 0.5) is 0 Å². The van der Waals surface area contributed by atoms with Gasteiger partial charge in [0.05, 0.1) is 5.92 Å². The van der Waals surface area contributed by atoms with E-state index in [2.05, 4.69) is 5.32 Å². The largest absolute Gasteiger partial charge is 0.374 e. The number of carbonyl (C=O) groups is 2. The Morgan fingerprint density at radius 2 is 2.36 bits per heavy atom. The second kappa shape index (κ2) is 2.87. The van der Waals surface area contributed by atoms with Gasteiger partial charge >= 0.3 is 0 Å². The van der Waals surface area contributed by atoms with E-state index in [1.54, 1.807) is 0 Å². The van der Waals surface area contributed by atoms with Crippen LogP contribution in [0.15, 0.2) is 0 Å². The molecule has 1 aliphatic rings. The summed E-state index contributed by atoms with van der Waals surface area (Å²) < 4.78 is 0. The number of amides is 2. The summed E-state index contributed by atoms with van der Waals surface area (Å²) in [6, 6.07) is 0. The van der Waals surface area contributed by atoms with Crippen molar-refractivity contribution in [2.45, 2.75) is 19.1 Å². The highest BCUT2D eigenvalue weighted by atomic mass is 16.3. The summed E-state index contributed by atoms with van der Waals surface area (Å²) in [6.45, 7) is 0. The van der Waals surface area contributed by atoms with Crippen LogP contribution in [0, 0.1) is 5.92 Å². The number of primary amides is 1. The zero-order valence-corrected chi connectivity index (χ0v) is 5.91. The molecule has 0 aliphatic carbocycles. The normalized spacial score (nSPS) is 31.2. The van der Waals surface area contributed by atoms with Crippen molar-refractivity contribution >= 4 is 11.8 Å². The summed E-state index contributed by atoms with van der Waals surface area (Å²) in [6.07, 6.45) is -0.609. The van der Waals surface area contributed by atoms with Gasteiger partial charge in [0.2, 0.25) is 11.8 Å². The lowest BCUT2D eigenvalue weighted by Crippen LogP contribution is -2.45. The number of rotatable bonds is 1. The van der Waals surface area contributed by atoms with Gasteiger partial charge in [0.1, 0.15) is 6.23 Å². The number of nitrogens with one attached hydrogen (secondary N) is 1. The number of piperidine rings is 1. The molecule has 62 valence electrons. The third kappa shape index (κ3) is 1.91. The summed E-state index contributed by atoms with van der Waals surface area (Å²) in [5.74, 6) is -1.37. The fourth-order valence-electron chi connectivity index (χ4n) is 1.10. The molecule has 2 unspecified atom stereocenters. The molecule has 1 aliphatic heterocycles. The van der Waals surface area contributed by atoms with Crippen molar-refractivity contribution in [3.8, 4) is 0 Å². The van der Waals surface area contributed by atoms with Gasteiger partial charge in [-0.3, -0.25) is 9.59 Å². The summed E-state index contributed by atoms with van der Waals surface area (Å²) in [7, 11) is 0. The molecule has 0 radical (unpaired) electrons. The molecule has 0 aromatic carbocycles. The lowest BCUT2D eigenvalue weighted by molar-refractivity contribution is -0.135. The summed E-state index contributed by atoms with van der Waals surface area (Å²) >= 11 is 0. The van der Waals surface area contributed by atoms with Gasteiger partial charge in [-0.1, -0.05) is 0 Å². The molecule has 0 spiro atoms. The van der Waals surface area contributed by atoms with Crippen molar-refractivity contribution in [2.24, 2.45) is 11.7 Å². The van der Waals surface area contributed by atoms with Crippen molar-refractivity contribution in [3.63, 3.8) is 0 Å². The van der Waals surface area contributed by atoms with Crippen molar-refractivity contribution < 1.29 is 14.7 Å². The van der Waals surface area contributed by atoms with E-state index < -0.39 is 18.1 Å². The maximum atomic E-state index is 10.7. The van der Waals surface area contributed by atoms with Gasteiger partial charge in [-0.25, -0.2) is 0 Å². The Hall–Kier alpha value is -1.10. The summed E-state index contributed by atoms with van der Waals surface area (Å²) in [5, 5.41) is 11.2. The first-order chi connectivity index (χ1) is 5.09. The fourth-order valence-corrected chi connectivity index (χ4v) is 1.10. The summed E-state index contributed by atoms with van der Waals surface area (Å²) in [4.78, 5) is 21.3. The maximum Gasteiger partial charge on any atom is 0.222 e. The van der Waals surface area contributed by atoms with E-state index in [4.69, 9.17) is 10.8 Å². The van der Waals surface area contributed by atoms with Crippen LogP contribution in [-0.2, 0) is 9.59 Å². The van der Waals surface area contributed by atoms with E-state index in [1.165, 1.54) is 0 Å². The molecule has 2 atom stereocenters. The highest BCUT2D eigenvalue weighted by Gasteiger charge is 2.28. The van der Waals surface area contributed by atoms with Crippen LogP contribution in [0.1, 0.15) is 12.8 Å². The van der Waals surface area contributed by atoms with Crippen LogP contribution in [0.3, 0.4) is 0 Å². The smallest absolute Gasteiger partial charge is 0.222 e. The van der Waals surface area contributed by atoms with Gasteiger partial charge in [-0.15, -0.1) is 0 Å². The van der Waals surface area contributed by atoms with Gasteiger partial charge in [0.25, 0.3) is 0 Å². The molecule has 0 bridgehead atoms. The van der Waals surface area contributed by atoms with E-state index in [0.717, 1.165) is 0 Å². The molecular weight excluding hydrogens is 148 g/mol. The minimum atomic E-state index is -0.922. The lowest BCUT2D eigenvalue weighted by Gasteiger charge is -2.23. The van der Waals surface area contributed by atoms with Crippen molar-refractivity contribution in [1.82, 2.24) is 5.32 Å². The van der Waals surface area contributed by atoms with Crippen LogP contribution in [0.2, 0.25) is 0 Å². The number of hydrogen-bond acceptors (Lipinski definition) is 3. The van der Waals surface area contributed by atoms with E-state index in [1.807, 2.05) is 0 Å². The molecule has 0 aromatic heterocycles. The lowest BCUT2D eigenvalue weighted by atomic mass is 9.96. The molecule has 2 amide bonds. The molecule has 1 rings (SSSR count). The predicted octanol–water partition coefficient (Wildman–Crippen LogP) is -1.68. The number of carbonyl (C=O) groups excluding carboxylic acids is 2. The Balaban J connectivity index is 2.56. The molecule has 5 heteroatoms. The topological polar surface area (TPSA) is 92.4 Å². The van der Waals surface area contributed by atoms with E-state index >= 15 is 0 Å². The Labute approximate surface area is 63.6 Å². The second-order valence-corrected chi connectivity index (χ2v) is 2.62. The molecule has 0 aromatic rings. The van der Waals surface area contributed by atoms with Gasteiger partial charge in [0.15, 0.2) is 0 Å². The Bertz CT molecular complexity index is 192. The highest BCUT2D eigenvalue weighted by molar-refractivity contribution is 5.86. The van der Waals surface area contributed by atoms with Crippen molar-refractivity contribution in [1.29, 1.82) is 0 Å². The molecule has 0 saturated carbocycles. The van der Waals surface area contributed by atoms with Gasteiger partial charge in [-0.05, 0) is 0 Å². The van der Waals surface area contributed by atoms with E-state index in [0.29, 0.717) is 0 Å². The van der Waals surface area contributed by atoms with E-state index in [-0.39, 0.29) is 18.7 Å². The zero-order valence-electron chi connectivity index (χ0n) is 5.91. The molecule has 11 heavy (non-hydrogen) atoms. The monoisotopic (exact) mass is 158 g/mol. The number of hydrogen-bond donors (Lipinski definition) is 3. The fraction of sp³-hybridized carbons (Fsp3) is 0.667. The van der Waals surface area contributed by atoms with Crippen molar-refractivity contribution in [3.05, 3.63) is 0 Å². The third-order valence-electron chi connectivity index (χ3n) is 1.67. The SMILES string of the molecule is NC(=O)C1CC(=O)NC(O)C1. The Kier molecular flexibility index (Phi) is 2.09. The predicted molar refractivity (Wildman–Crippen MR) is 36.1 cm³/mol.